The largest absolute Gasteiger partial charge is 0.488 e. The van der Waals surface area contributed by atoms with E-state index in [4.69, 9.17) is 0 Å². The number of hydrogen-bond acceptors (Lipinski definition) is 4. The molecule has 0 spiro atoms. The Bertz CT molecular complexity index is 882. The zero-order valence-electron chi connectivity index (χ0n) is 22.1. The van der Waals surface area contributed by atoms with Gasteiger partial charge in [0.25, 0.3) is 0 Å². The summed E-state index contributed by atoms with van der Waals surface area (Å²) in [6.07, 6.45) is 11.3. The van der Waals surface area contributed by atoms with Gasteiger partial charge in [-0.05, 0) is 57.9 Å². The summed E-state index contributed by atoms with van der Waals surface area (Å²) in [6.45, 7) is 9.04. The molecule has 3 rings (SSSR count). The fourth-order valence-corrected chi connectivity index (χ4v) is 6.25. The van der Waals surface area contributed by atoms with Crippen LogP contribution < -0.4 is 10.9 Å². The van der Waals surface area contributed by atoms with E-state index in [0.717, 1.165) is 36.8 Å². The molecule has 1 aliphatic rings. The van der Waals surface area contributed by atoms with E-state index < -0.39 is 14.2 Å². The minimum Gasteiger partial charge on any atom is -0.423 e. The third-order valence-corrected chi connectivity index (χ3v) is 8.37. The molecular formula is C29H44B2O4. The third-order valence-electron chi connectivity index (χ3n) is 8.37. The SMILES string of the molecule is CCCC[C@@H](CC)CC1(C[C@H](CC)CCCC)c2cc(B(O)O)ccc2-c2ccc(B(O)O)cc21. The molecule has 2 atom stereocenters. The van der Waals surface area contributed by atoms with Crippen molar-refractivity contribution in [3.05, 3.63) is 47.5 Å². The molecule has 1 aliphatic carbocycles. The molecule has 0 radical (unpaired) electrons. The Labute approximate surface area is 213 Å². The van der Waals surface area contributed by atoms with Crippen LogP contribution in [-0.4, -0.2) is 34.3 Å². The van der Waals surface area contributed by atoms with Crippen LogP contribution in [0.5, 0.6) is 0 Å². The first kappa shape index (κ1) is 28.0. The van der Waals surface area contributed by atoms with Crippen LogP contribution in [0.2, 0.25) is 0 Å². The van der Waals surface area contributed by atoms with Gasteiger partial charge in [-0.15, -0.1) is 0 Å². The molecule has 0 fully saturated rings. The Morgan fingerprint density at radius 2 is 1.06 bits per heavy atom. The van der Waals surface area contributed by atoms with Crippen molar-refractivity contribution in [2.24, 2.45) is 11.8 Å². The molecule has 6 heteroatoms. The maximum Gasteiger partial charge on any atom is 0.488 e. The summed E-state index contributed by atoms with van der Waals surface area (Å²) in [7, 11) is -3.03. The molecule has 35 heavy (non-hydrogen) atoms. The molecule has 4 nitrogen and oxygen atoms in total. The van der Waals surface area contributed by atoms with Crippen LogP contribution in [0.4, 0.5) is 0 Å². The molecule has 0 unspecified atom stereocenters. The van der Waals surface area contributed by atoms with Crippen LogP contribution in [0.25, 0.3) is 11.1 Å². The van der Waals surface area contributed by atoms with Crippen molar-refractivity contribution >= 4 is 25.2 Å². The van der Waals surface area contributed by atoms with Gasteiger partial charge < -0.3 is 20.1 Å². The molecule has 0 aliphatic heterocycles. The Hall–Kier alpha value is -1.59. The molecule has 2 aromatic rings. The molecule has 2 aromatic carbocycles. The van der Waals surface area contributed by atoms with E-state index in [9.17, 15) is 20.1 Å². The number of hydrogen-bond donors (Lipinski definition) is 4. The third kappa shape index (κ3) is 6.05. The summed E-state index contributed by atoms with van der Waals surface area (Å²) in [5, 5.41) is 40.1. The average molecular weight is 478 g/mol. The van der Waals surface area contributed by atoms with Crippen molar-refractivity contribution in [2.45, 2.75) is 97.3 Å². The van der Waals surface area contributed by atoms with Crippen LogP contribution in [0.3, 0.4) is 0 Å². The highest BCUT2D eigenvalue weighted by atomic mass is 16.4. The summed E-state index contributed by atoms with van der Waals surface area (Å²) in [6, 6.07) is 11.7. The lowest BCUT2D eigenvalue weighted by Gasteiger charge is -2.39. The normalized spacial score (nSPS) is 15.4. The van der Waals surface area contributed by atoms with Crippen molar-refractivity contribution in [1.82, 2.24) is 0 Å². The first-order chi connectivity index (χ1) is 16.8. The highest BCUT2D eigenvalue weighted by Crippen LogP contribution is 2.55. The molecule has 0 saturated carbocycles. The summed E-state index contributed by atoms with van der Waals surface area (Å²) in [5.74, 6) is 1.09. The Kier molecular flexibility index (Phi) is 10.1. The number of benzene rings is 2. The van der Waals surface area contributed by atoms with Crippen LogP contribution in [0, 0.1) is 11.8 Å². The van der Waals surface area contributed by atoms with E-state index in [0.29, 0.717) is 22.8 Å². The smallest absolute Gasteiger partial charge is 0.423 e. The second-order valence-corrected chi connectivity index (χ2v) is 10.7. The van der Waals surface area contributed by atoms with E-state index in [1.807, 2.05) is 24.3 Å². The quantitative estimate of drug-likeness (QED) is 0.301. The van der Waals surface area contributed by atoms with Crippen molar-refractivity contribution in [3.63, 3.8) is 0 Å². The topological polar surface area (TPSA) is 80.9 Å². The minimum absolute atomic E-state index is 0.288. The maximum absolute atomic E-state index is 10.0. The van der Waals surface area contributed by atoms with Crippen molar-refractivity contribution in [2.75, 3.05) is 0 Å². The van der Waals surface area contributed by atoms with Gasteiger partial charge in [0, 0.05) is 5.41 Å². The molecule has 0 saturated heterocycles. The lowest BCUT2D eigenvalue weighted by molar-refractivity contribution is 0.266. The standard InChI is InChI=1S/C29H44B2O4/c1-5-9-11-21(7-3)19-29(20-22(8-4)12-10-6-2)27-17-23(30(32)33)13-15-25(27)26-16-14-24(31(34)35)18-28(26)29/h13-18,21-22,32-35H,5-12,19-20H2,1-4H3/t21-,22-/m1/s1. The first-order valence-corrected chi connectivity index (χ1v) is 13.8. The molecule has 4 N–H and O–H groups in total. The number of unbranched alkanes of at least 4 members (excludes halogenated alkanes) is 2. The molecule has 190 valence electrons. The zero-order chi connectivity index (χ0) is 25.6. The van der Waals surface area contributed by atoms with Crippen LogP contribution in [0.15, 0.2) is 36.4 Å². The van der Waals surface area contributed by atoms with Crippen LogP contribution >= 0.6 is 0 Å². The second kappa shape index (κ2) is 12.6. The maximum atomic E-state index is 10.0. The highest BCUT2D eigenvalue weighted by molar-refractivity contribution is 6.59. The summed E-state index contributed by atoms with van der Waals surface area (Å²) >= 11 is 0. The molecule has 0 heterocycles. The number of rotatable bonds is 14. The van der Waals surface area contributed by atoms with Gasteiger partial charge in [0.2, 0.25) is 0 Å². The minimum atomic E-state index is -1.51. The summed E-state index contributed by atoms with van der Waals surface area (Å²) < 4.78 is 0. The first-order valence-electron chi connectivity index (χ1n) is 13.8. The summed E-state index contributed by atoms with van der Waals surface area (Å²) in [5.41, 5.74) is 5.37. The zero-order valence-corrected chi connectivity index (χ0v) is 22.1. The van der Waals surface area contributed by atoms with Gasteiger partial charge in [-0.25, -0.2) is 0 Å². The van der Waals surface area contributed by atoms with E-state index in [2.05, 4.69) is 27.7 Å². The molecule has 0 bridgehead atoms. The van der Waals surface area contributed by atoms with Gasteiger partial charge in [0.15, 0.2) is 0 Å². The number of fused-ring (bicyclic) bond motifs is 3. The summed E-state index contributed by atoms with van der Waals surface area (Å²) in [4.78, 5) is 0. The van der Waals surface area contributed by atoms with Gasteiger partial charge in [-0.3, -0.25) is 0 Å². The average Bonchev–Trinajstić information content (AvgIpc) is 3.12. The highest BCUT2D eigenvalue weighted by Gasteiger charge is 2.46. The van der Waals surface area contributed by atoms with Gasteiger partial charge in [-0.2, -0.15) is 0 Å². The van der Waals surface area contributed by atoms with E-state index in [1.165, 1.54) is 49.7 Å². The van der Waals surface area contributed by atoms with E-state index in [1.54, 1.807) is 12.1 Å². The van der Waals surface area contributed by atoms with Gasteiger partial charge in [0.1, 0.15) is 0 Å². The van der Waals surface area contributed by atoms with Crippen molar-refractivity contribution in [1.29, 1.82) is 0 Å². The van der Waals surface area contributed by atoms with Crippen molar-refractivity contribution < 1.29 is 20.1 Å². The second-order valence-electron chi connectivity index (χ2n) is 10.7. The predicted molar refractivity (Wildman–Crippen MR) is 148 cm³/mol. The van der Waals surface area contributed by atoms with Crippen LogP contribution in [0.1, 0.15) is 103 Å². The van der Waals surface area contributed by atoms with E-state index >= 15 is 0 Å². The molecule has 0 amide bonds. The monoisotopic (exact) mass is 478 g/mol. The van der Waals surface area contributed by atoms with E-state index in [-0.39, 0.29) is 5.41 Å². The lowest BCUT2D eigenvalue weighted by Crippen LogP contribution is -2.36. The van der Waals surface area contributed by atoms with Gasteiger partial charge in [-0.1, -0.05) is 115 Å². The Morgan fingerprint density at radius 1 is 0.657 bits per heavy atom. The Morgan fingerprint density at radius 3 is 1.37 bits per heavy atom. The van der Waals surface area contributed by atoms with Gasteiger partial charge >= 0.3 is 14.2 Å². The lowest BCUT2D eigenvalue weighted by atomic mass is 9.63. The van der Waals surface area contributed by atoms with Crippen LogP contribution in [-0.2, 0) is 5.41 Å². The van der Waals surface area contributed by atoms with Gasteiger partial charge in [0.05, 0.1) is 0 Å². The fraction of sp³-hybridized carbons (Fsp3) is 0.586. The molecular weight excluding hydrogens is 434 g/mol. The fourth-order valence-electron chi connectivity index (χ4n) is 6.25. The Balaban J connectivity index is 2.25. The predicted octanol–water partition coefficient (Wildman–Crippen LogP) is 4.53. The van der Waals surface area contributed by atoms with Crippen molar-refractivity contribution in [3.8, 4) is 11.1 Å². The molecule has 0 aromatic heterocycles.